The highest BCUT2D eigenvalue weighted by Crippen LogP contribution is 1.99. The van der Waals surface area contributed by atoms with E-state index in [0.29, 0.717) is 152 Å². The van der Waals surface area contributed by atoms with Gasteiger partial charge < -0.3 is 88.3 Å². The second-order valence-corrected chi connectivity index (χ2v) is 12.5. The molecular formula is C38H70N4O20. The lowest BCUT2D eigenvalue weighted by molar-refractivity contribution is -0.143. The molecule has 0 saturated carbocycles. The summed E-state index contributed by atoms with van der Waals surface area (Å²) < 4.78 is 65.1. The van der Waals surface area contributed by atoms with Crippen LogP contribution in [0.1, 0.15) is 26.2 Å². The van der Waals surface area contributed by atoms with Crippen molar-refractivity contribution in [2.75, 3.05) is 178 Å². The molecule has 1 atom stereocenters. The van der Waals surface area contributed by atoms with Gasteiger partial charge in [0.15, 0.2) is 0 Å². The number of ether oxygens (including phenoxy) is 12. The third-order valence-electron chi connectivity index (χ3n) is 7.36. The first-order valence-corrected chi connectivity index (χ1v) is 20.6. The summed E-state index contributed by atoms with van der Waals surface area (Å²) in [5.41, 5.74) is 0. The molecule has 0 rings (SSSR count). The number of carbonyl (C=O) groups excluding carboxylic acids is 4. The Hall–Kier alpha value is -3.66. The fourth-order valence-corrected chi connectivity index (χ4v) is 4.25. The highest BCUT2D eigenvalue weighted by atomic mass is 16.6. The van der Waals surface area contributed by atoms with Gasteiger partial charge in [0, 0.05) is 26.3 Å². The van der Waals surface area contributed by atoms with Crippen molar-refractivity contribution in [2.45, 2.75) is 32.2 Å². The molecule has 0 aliphatic rings. The highest BCUT2D eigenvalue weighted by Gasteiger charge is 2.20. The zero-order valence-electron chi connectivity index (χ0n) is 36.0. The number of carboxylic acid groups (broad SMARTS) is 2. The lowest BCUT2D eigenvalue weighted by atomic mass is 10.1. The fraction of sp³-hybridized carbons (Fsp3) is 0.842. The summed E-state index contributed by atoms with van der Waals surface area (Å²) >= 11 is 0. The van der Waals surface area contributed by atoms with Crippen LogP contribution in [0.2, 0.25) is 0 Å². The lowest BCUT2D eigenvalue weighted by Crippen LogP contribution is -2.42. The number of aliphatic carboxylic acids is 2. The van der Waals surface area contributed by atoms with Crippen molar-refractivity contribution in [1.82, 2.24) is 21.3 Å². The first-order chi connectivity index (χ1) is 30.1. The first-order valence-electron chi connectivity index (χ1n) is 20.6. The van der Waals surface area contributed by atoms with Gasteiger partial charge in [0.1, 0.15) is 6.04 Å². The van der Waals surface area contributed by atoms with E-state index in [2.05, 4.69) is 21.3 Å². The minimum Gasteiger partial charge on any atom is -0.481 e. The smallest absolute Gasteiger partial charge is 0.326 e. The van der Waals surface area contributed by atoms with E-state index in [0.717, 1.165) is 0 Å². The molecule has 24 nitrogen and oxygen atoms in total. The van der Waals surface area contributed by atoms with Gasteiger partial charge in [-0.25, -0.2) is 4.79 Å². The minimum atomic E-state index is -1.29. The molecule has 362 valence electrons. The van der Waals surface area contributed by atoms with Crippen LogP contribution in [0.4, 0.5) is 0 Å². The average molecular weight is 903 g/mol. The second-order valence-electron chi connectivity index (χ2n) is 12.5. The van der Waals surface area contributed by atoms with Crippen molar-refractivity contribution in [2.24, 2.45) is 0 Å². The van der Waals surface area contributed by atoms with E-state index >= 15 is 0 Å². The number of nitrogens with one attached hydrogen (secondary N) is 4. The largest absolute Gasteiger partial charge is 0.481 e. The molecule has 6 N–H and O–H groups in total. The van der Waals surface area contributed by atoms with Gasteiger partial charge in [-0.05, 0) is 6.42 Å². The standard InChI is InChI=1S/C38H70N4O20/c1-32(43)40-30-36(46)41-31-35(45)39-5-7-52-9-11-54-13-15-56-17-19-58-21-23-60-25-27-62-29-28-61-26-24-59-22-20-57-18-16-55-14-12-53-10-8-51-6-4-34(44)42-33(38(49)50)2-3-37(47)48/h33H,2-31H2,1H3,(H,39,45)(H,40,43)(H,41,46)(H,42,44)(H,47,48)(H,49,50). The molecule has 0 heterocycles. The summed E-state index contributed by atoms with van der Waals surface area (Å²) in [5, 5.41) is 27.3. The van der Waals surface area contributed by atoms with Crippen LogP contribution in [-0.4, -0.2) is 230 Å². The first kappa shape index (κ1) is 58.3. The van der Waals surface area contributed by atoms with Crippen LogP contribution in [0.25, 0.3) is 0 Å². The Labute approximate surface area is 362 Å². The summed E-state index contributed by atoms with van der Waals surface area (Å²) in [5.74, 6) is -4.10. The molecule has 0 saturated heterocycles. The van der Waals surface area contributed by atoms with Gasteiger partial charge >= 0.3 is 11.9 Å². The zero-order valence-corrected chi connectivity index (χ0v) is 36.0. The van der Waals surface area contributed by atoms with Gasteiger partial charge in [0.25, 0.3) is 0 Å². The number of carbonyl (C=O) groups is 6. The number of hydrogen-bond donors (Lipinski definition) is 6. The van der Waals surface area contributed by atoms with Crippen LogP contribution in [0, 0.1) is 0 Å². The molecule has 0 bridgehead atoms. The van der Waals surface area contributed by atoms with Crippen LogP contribution in [0.3, 0.4) is 0 Å². The molecule has 4 amide bonds. The predicted molar refractivity (Wildman–Crippen MR) is 216 cm³/mol. The molecule has 1 unspecified atom stereocenters. The van der Waals surface area contributed by atoms with Crippen molar-refractivity contribution in [3.05, 3.63) is 0 Å². The quantitative estimate of drug-likeness (QED) is 0.0341. The normalized spacial score (nSPS) is 11.6. The van der Waals surface area contributed by atoms with Crippen molar-refractivity contribution in [1.29, 1.82) is 0 Å². The molecule has 0 radical (unpaired) electrons. The van der Waals surface area contributed by atoms with Crippen molar-refractivity contribution in [3.63, 3.8) is 0 Å². The van der Waals surface area contributed by atoms with E-state index in [4.69, 9.17) is 67.1 Å². The maximum Gasteiger partial charge on any atom is 0.326 e. The maximum absolute atomic E-state index is 11.8. The molecule has 0 aromatic heterocycles. The molecule has 0 aromatic carbocycles. The van der Waals surface area contributed by atoms with E-state index in [1.807, 2.05) is 0 Å². The van der Waals surface area contributed by atoms with Crippen LogP contribution in [0.5, 0.6) is 0 Å². The van der Waals surface area contributed by atoms with Gasteiger partial charge in [-0.2, -0.15) is 0 Å². The summed E-state index contributed by atoms with van der Waals surface area (Å²) in [6, 6.07) is -1.26. The zero-order chi connectivity index (χ0) is 45.6. The molecule has 0 aromatic rings. The molecule has 0 aliphatic carbocycles. The SMILES string of the molecule is CC(=O)NCC(=O)NCC(=O)NCCOCCOCCOCCOCCOCCOCCOCCOCCOCCOCCOCCOCCC(=O)NC(CCC(=O)O)C(=O)O. The van der Waals surface area contributed by atoms with Gasteiger partial charge in [-0.1, -0.05) is 0 Å². The van der Waals surface area contributed by atoms with E-state index < -0.39 is 29.8 Å². The van der Waals surface area contributed by atoms with Gasteiger partial charge in [-0.15, -0.1) is 0 Å². The third-order valence-corrected chi connectivity index (χ3v) is 7.36. The van der Waals surface area contributed by atoms with Crippen LogP contribution in [-0.2, 0) is 85.6 Å². The van der Waals surface area contributed by atoms with Crippen LogP contribution >= 0.6 is 0 Å². The lowest BCUT2D eigenvalue weighted by Gasteiger charge is -2.13. The van der Waals surface area contributed by atoms with Gasteiger partial charge in [0.05, 0.1) is 172 Å². The van der Waals surface area contributed by atoms with Crippen LogP contribution in [0.15, 0.2) is 0 Å². The number of amides is 4. The van der Waals surface area contributed by atoms with Crippen LogP contribution < -0.4 is 21.3 Å². The Morgan fingerprint density at radius 3 is 1.02 bits per heavy atom. The van der Waals surface area contributed by atoms with E-state index in [1.54, 1.807) is 0 Å². The number of hydrogen-bond acceptors (Lipinski definition) is 18. The van der Waals surface area contributed by atoms with E-state index in [9.17, 15) is 28.8 Å². The fourth-order valence-electron chi connectivity index (χ4n) is 4.25. The topological polar surface area (TPSA) is 302 Å². The van der Waals surface area contributed by atoms with Crippen molar-refractivity contribution < 1.29 is 95.8 Å². The molecule has 62 heavy (non-hydrogen) atoms. The molecule has 0 fully saturated rings. The Kier molecular flexibility index (Phi) is 42.7. The predicted octanol–water partition coefficient (Wildman–Crippen LogP) is -2.62. The number of rotatable bonds is 48. The second kappa shape index (κ2) is 45.4. The molecular weight excluding hydrogens is 832 g/mol. The van der Waals surface area contributed by atoms with E-state index in [1.165, 1.54) is 6.92 Å². The monoisotopic (exact) mass is 902 g/mol. The molecule has 0 aliphatic heterocycles. The summed E-state index contributed by atoms with van der Waals surface area (Å²) in [7, 11) is 0. The number of carboxylic acids is 2. The minimum absolute atomic E-state index is 0.0562. The molecule has 0 spiro atoms. The summed E-state index contributed by atoms with van der Waals surface area (Å²) in [4.78, 5) is 67.3. The highest BCUT2D eigenvalue weighted by molar-refractivity contribution is 5.87. The van der Waals surface area contributed by atoms with Crippen molar-refractivity contribution in [3.8, 4) is 0 Å². The van der Waals surface area contributed by atoms with Crippen molar-refractivity contribution >= 4 is 35.6 Å². The third kappa shape index (κ3) is 45.9. The Balaban J connectivity index is 3.23. The van der Waals surface area contributed by atoms with Gasteiger partial charge in [-0.3, -0.25) is 24.0 Å². The van der Waals surface area contributed by atoms with E-state index in [-0.39, 0.29) is 57.4 Å². The van der Waals surface area contributed by atoms with Gasteiger partial charge in [0.2, 0.25) is 23.6 Å². The average Bonchev–Trinajstić information content (AvgIpc) is 3.24. The summed E-state index contributed by atoms with van der Waals surface area (Å²) in [6.07, 6.45) is -0.615. The molecule has 24 heteroatoms. The Morgan fingerprint density at radius 2 is 0.694 bits per heavy atom. The Morgan fingerprint density at radius 1 is 0.387 bits per heavy atom. The Bertz CT molecular complexity index is 1140. The summed E-state index contributed by atoms with van der Waals surface area (Å²) in [6.45, 7) is 10.5. The maximum atomic E-state index is 11.8.